The Morgan fingerprint density at radius 1 is 1.48 bits per heavy atom. The number of carbonyl (C=O) groups is 1. The largest absolute Gasteiger partial charge is 0.348 e. The van der Waals surface area contributed by atoms with Gasteiger partial charge in [0.05, 0.1) is 11.7 Å². The van der Waals surface area contributed by atoms with Crippen molar-refractivity contribution in [3.8, 4) is 0 Å². The zero-order valence-electron chi connectivity index (χ0n) is 12.0. The molecule has 0 radical (unpaired) electrons. The Kier molecular flexibility index (Phi) is 3.83. The van der Waals surface area contributed by atoms with Crippen LogP contribution in [0.15, 0.2) is 17.8 Å². The molecule has 3 heterocycles. The Balaban J connectivity index is 1.83. The van der Waals surface area contributed by atoms with E-state index in [4.69, 9.17) is 0 Å². The van der Waals surface area contributed by atoms with Gasteiger partial charge in [-0.25, -0.2) is 15.0 Å². The topological polar surface area (TPSA) is 71.0 Å². The van der Waals surface area contributed by atoms with E-state index in [-0.39, 0.29) is 11.9 Å². The van der Waals surface area contributed by atoms with E-state index in [1.54, 1.807) is 6.33 Å². The predicted molar refractivity (Wildman–Crippen MR) is 82.5 cm³/mol. The number of hydrogen-bond donors (Lipinski definition) is 1. The van der Waals surface area contributed by atoms with Gasteiger partial charge in [0.15, 0.2) is 5.13 Å². The number of thiazole rings is 1. The molecule has 1 N–H and O–H groups in total. The number of carbonyl (C=O) groups excluding carboxylic acids is 1. The first-order chi connectivity index (χ1) is 10.1. The standard InChI is InChI=1S/C14H17N5OS/c1-9-6-13(16-8-15-9)19-5-3-4-12(19)11-7-21-14(18-11)17-10(2)20/h6-8,12H,3-5H2,1-2H3,(H,17,18,20). The summed E-state index contributed by atoms with van der Waals surface area (Å²) in [6.45, 7) is 4.43. The van der Waals surface area contributed by atoms with Crippen LogP contribution in [-0.4, -0.2) is 27.4 Å². The van der Waals surface area contributed by atoms with Crippen molar-refractivity contribution in [3.63, 3.8) is 0 Å². The summed E-state index contributed by atoms with van der Waals surface area (Å²) in [5.41, 5.74) is 1.96. The summed E-state index contributed by atoms with van der Waals surface area (Å²) in [6.07, 6.45) is 3.76. The van der Waals surface area contributed by atoms with Crippen LogP contribution in [0.1, 0.15) is 37.2 Å². The van der Waals surface area contributed by atoms with Crippen molar-refractivity contribution in [1.29, 1.82) is 0 Å². The highest BCUT2D eigenvalue weighted by Crippen LogP contribution is 2.36. The maximum absolute atomic E-state index is 11.1. The Bertz CT molecular complexity index is 656. The van der Waals surface area contributed by atoms with Gasteiger partial charge in [0.25, 0.3) is 0 Å². The monoisotopic (exact) mass is 303 g/mol. The predicted octanol–water partition coefficient (Wildman–Crippen LogP) is 2.54. The molecule has 3 rings (SSSR count). The first kappa shape index (κ1) is 13.9. The van der Waals surface area contributed by atoms with Crippen LogP contribution in [0.5, 0.6) is 0 Å². The highest BCUT2D eigenvalue weighted by atomic mass is 32.1. The fraction of sp³-hybridized carbons (Fsp3) is 0.429. The van der Waals surface area contributed by atoms with Gasteiger partial charge < -0.3 is 10.2 Å². The van der Waals surface area contributed by atoms with Crippen molar-refractivity contribution in [2.75, 3.05) is 16.8 Å². The highest BCUT2D eigenvalue weighted by Gasteiger charge is 2.29. The van der Waals surface area contributed by atoms with Crippen LogP contribution < -0.4 is 10.2 Å². The Labute approximate surface area is 127 Å². The number of aryl methyl sites for hydroxylation is 1. The van der Waals surface area contributed by atoms with Gasteiger partial charge in [-0.3, -0.25) is 4.79 Å². The molecule has 0 bridgehead atoms. The molecule has 6 nitrogen and oxygen atoms in total. The van der Waals surface area contributed by atoms with E-state index in [9.17, 15) is 4.79 Å². The third kappa shape index (κ3) is 3.02. The number of aromatic nitrogens is 3. The third-order valence-electron chi connectivity index (χ3n) is 3.48. The number of nitrogens with zero attached hydrogens (tertiary/aromatic N) is 4. The molecule has 1 saturated heterocycles. The lowest BCUT2D eigenvalue weighted by molar-refractivity contribution is -0.114. The molecule has 110 valence electrons. The SMILES string of the molecule is CC(=O)Nc1nc(C2CCCN2c2cc(C)ncn2)cs1. The van der Waals surface area contributed by atoms with Crippen LogP contribution in [0.2, 0.25) is 0 Å². The molecular weight excluding hydrogens is 286 g/mol. The Morgan fingerprint density at radius 3 is 3.10 bits per heavy atom. The molecular formula is C14H17N5OS. The zero-order chi connectivity index (χ0) is 14.8. The second kappa shape index (κ2) is 5.77. The van der Waals surface area contributed by atoms with E-state index in [1.807, 2.05) is 18.4 Å². The second-order valence-electron chi connectivity index (χ2n) is 5.13. The minimum Gasteiger partial charge on any atom is -0.348 e. The van der Waals surface area contributed by atoms with Crippen molar-refractivity contribution in [2.45, 2.75) is 32.7 Å². The lowest BCUT2D eigenvalue weighted by Crippen LogP contribution is -2.24. The molecule has 2 aromatic rings. The number of nitrogens with one attached hydrogen (secondary N) is 1. The minimum atomic E-state index is -0.0920. The number of rotatable bonds is 3. The van der Waals surface area contributed by atoms with Crippen LogP contribution >= 0.6 is 11.3 Å². The van der Waals surface area contributed by atoms with Gasteiger partial charge >= 0.3 is 0 Å². The summed E-state index contributed by atoms with van der Waals surface area (Å²) < 4.78 is 0. The highest BCUT2D eigenvalue weighted by molar-refractivity contribution is 7.13. The quantitative estimate of drug-likeness (QED) is 0.943. The Hall–Kier alpha value is -2.02. The molecule has 0 aromatic carbocycles. The maximum atomic E-state index is 11.1. The van der Waals surface area contributed by atoms with Gasteiger partial charge in [-0.1, -0.05) is 0 Å². The molecule has 1 amide bonds. The summed E-state index contributed by atoms with van der Waals surface area (Å²) in [4.78, 5) is 26.4. The van der Waals surface area contributed by atoms with Crippen molar-refractivity contribution in [3.05, 3.63) is 29.2 Å². The second-order valence-corrected chi connectivity index (χ2v) is 5.99. The van der Waals surface area contributed by atoms with Crippen LogP contribution in [0.3, 0.4) is 0 Å². The number of hydrogen-bond acceptors (Lipinski definition) is 6. The van der Waals surface area contributed by atoms with Gasteiger partial charge in [-0.05, 0) is 19.8 Å². The fourth-order valence-electron chi connectivity index (χ4n) is 2.59. The van der Waals surface area contributed by atoms with Crippen LogP contribution in [0.4, 0.5) is 10.9 Å². The normalized spacial score (nSPS) is 18.0. The summed E-state index contributed by atoms with van der Waals surface area (Å²) in [5, 5.41) is 5.41. The first-order valence-corrected chi connectivity index (χ1v) is 7.80. The van der Waals surface area contributed by atoms with Crippen molar-refractivity contribution in [1.82, 2.24) is 15.0 Å². The van der Waals surface area contributed by atoms with E-state index >= 15 is 0 Å². The number of anilines is 2. The van der Waals surface area contributed by atoms with E-state index in [0.717, 1.165) is 36.6 Å². The first-order valence-electron chi connectivity index (χ1n) is 6.92. The number of amides is 1. The van der Waals surface area contributed by atoms with E-state index in [2.05, 4.69) is 25.2 Å². The van der Waals surface area contributed by atoms with E-state index in [0.29, 0.717) is 5.13 Å². The van der Waals surface area contributed by atoms with E-state index in [1.165, 1.54) is 18.3 Å². The molecule has 2 aromatic heterocycles. The van der Waals surface area contributed by atoms with Gasteiger partial charge in [-0.2, -0.15) is 0 Å². The van der Waals surface area contributed by atoms with Gasteiger partial charge in [0.2, 0.25) is 5.91 Å². The van der Waals surface area contributed by atoms with Gasteiger partial charge in [0, 0.05) is 30.6 Å². The van der Waals surface area contributed by atoms with Gasteiger partial charge in [0.1, 0.15) is 12.1 Å². The van der Waals surface area contributed by atoms with Gasteiger partial charge in [-0.15, -0.1) is 11.3 Å². The van der Waals surface area contributed by atoms with Crippen LogP contribution in [0.25, 0.3) is 0 Å². The Morgan fingerprint density at radius 2 is 2.33 bits per heavy atom. The molecule has 7 heteroatoms. The summed E-state index contributed by atoms with van der Waals surface area (Å²) in [6, 6.07) is 2.22. The average molecular weight is 303 g/mol. The van der Waals surface area contributed by atoms with Crippen molar-refractivity contribution in [2.24, 2.45) is 0 Å². The molecule has 0 spiro atoms. The molecule has 21 heavy (non-hydrogen) atoms. The molecule has 1 aliphatic rings. The third-order valence-corrected chi connectivity index (χ3v) is 4.26. The fourth-order valence-corrected chi connectivity index (χ4v) is 3.40. The molecule has 1 fully saturated rings. The molecule has 0 saturated carbocycles. The summed E-state index contributed by atoms with van der Waals surface area (Å²) in [7, 11) is 0. The maximum Gasteiger partial charge on any atom is 0.223 e. The van der Waals surface area contributed by atoms with Crippen molar-refractivity contribution < 1.29 is 4.79 Å². The van der Waals surface area contributed by atoms with E-state index < -0.39 is 0 Å². The van der Waals surface area contributed by atoms with Crippen molar-refractivity contribution >= 4 is 28.2 Å². The molecule has 1 atom stereocenters. The molecule has 1 aliphatic heterocycles. The van der Waals surface area contributed by atoms with Crippen LogP contribution in [-0.2, 0) is 4.79 Å². The lowest BCUT2D eigenvalue weighted by Gasteiger charge is -2.24. The lowest BCUT2D eigenvalue weighted by atomic mass is 10.1. The molecule has 1 unspecified atom stereocenters. The smallest absolute Gasteiger partial charge is 0.223 e. The average Bonchev–Trinajstić information content (AvgIpc) is 3.06. The minimum absolute atomic E-state index is 0.0920. The summed E-state index contributed by atoms with van der Waals surface area (Å²) >= 11 is 1.46. The zero-order valence-corrected chi connectivity index (χ0v) is 12.9. The summed E-state index contributed by atoms with van der Waals surface area (Å²) in [5.74, 6) is 0.852. The van der Waals surface area contributed by atoms with Crippen LogP contribution in [0, 0.1) is 6.92 Å². The molecule has 0 aliphatic carbocycles.